The normalized spacial score (nSPS) is 10.0. The summed E-state index contributed by atoms with van der Waals surface area (Å²) in [4.78, 5) is 21.9. The number of nitro benzene ring substituents is 1. The SMILES string of the molecule is COc1cc(OCC(=O)Nc2ccccc2F)ccc1[N+](=O)[O-]. The van der Waals surface area contributed by atoms with Gasteiger partial charge in [0, 0.05) is 12.1 Å². The molecule has 7 nitrogen and oxygen atoms in total. The standard InChI is InChI=1S/C15H13FN2O5/c1-22-14-8-10(6-7-13(14)18(20)21)23-9-15(19)17-12-5-3-2-4-11(12)16/h2-8H,9H2,1H3,(H,17,19). The van der Waals surface area contributed by atoms with Gasteiger partial charge in [0.1, 0.15) is 11.6 Å². The lowest BCUT2D eigenvalue weighted by atomic mass is 10.3. The number of para-hydroxylation sites is 1. The molecule has 0 aromatic heterocycles. The van der Waals surface area contributed by atoms with Crippen molar-refractivity contribution >= 4 is 17.3 Å². The lowest BCUT2D eigenvalue weighted by molar-refractivity contribution is -0.385. The number of benzene rings is 2. The van der Waals surface area contributed by atoms with Crippen LogP contribution in [-0.4, -0.2) is 24.5 Å². The van der Waals surface area contributed by atoms with Crippen molar-refractivity contribution in [3.8, 4) is 11.5 Å². The molecule has 0 fully saturated rings. The molecule has 0 aliphatic rings. The zero-order valence-electron chi connectivity index (χ0n) is 12.1. The highest BCUT2D eigenvalue weighted by Crippen LogP contribution is 2.30. The second-order valence-electron chi connectivity index (χ2n) is 4.41. The van der Waals surface area contributed by atoms with Crippen molar-refractivity contribution in [3.05, 3.63) is 58.4 Å². The summed E-state index contributed by atoms with van der Waals surface area (Å²) in [6.07, 6.45) is 0. The van der Waals surface area contributed by atoms with Crippen molar-refractivity contribution in [1.82, 2.24) is 0 Å². The Balaban J connectivity index is 1.99. The molecular weight excluding hydrogens is 307 g/mol. The summed E-state index contributed by atoms with van der Waals surface area (Å²) < 4.78 is 23.5. The average Bonchev–Trinajstić information content (AvgIpc) is 2.54. The number of ether oxygens (including phenoxy) is 2. The molecule has 0 spiro atoms. The molecule has 0 unspecified atom stereocenters. The smallest absolute Gasteiger partial charge is 0.311 e. The third-order valence-corrected chi connectivity index (χ3v) is 2.87. The Kier molecular flexibility index (Phi) is 5.08. The fraction of sp³-hybridized carbons (Fsp3) is 0.133. The molecule has 120 valence electrons. The number of amides is 1. The first-order valence-electron chi connectivity index (χ1n) is 6.51. The summed E-state index contributed by atoms with van der Waals surface area (Å²) in [5, 5.41) is 13.1. The van der Waals surface area contributed by atoms with Crippen molar-refractivity contribution in [3.63, 3.8) is 0 Å². The predicted octanol–water partition coefficient (Wildman–Crippen LogP) is 2.76. The minimum atomic E-state index is -0.590. The monoisotopic (exact) mass is 320 g/mol. The maximum Gasteiger partial charge on any atom is 0.311 e. The van der Waals surface area contributed by atoms with E-state index >= 15 is 0 Å². The quantitative estimate of drug-likeness (QED) is 0.653. The average molecular weight is 320 g/mol. The number of methoxy groups -OCH3 is 1. The number of hydrogen-bond donors (Lipinski definition) is 1. The zero-order valence-corrected chi connectivity index (χ0v) is 12.1. The summed E-state index contributed by atoms with van der Waals surface area (Å²) in [5.41, 5.74) is -0.168. The number of carbonyl (C=O) groups excluding carboxylic acids is 1. The number of carbonyl (C=O) groups is 1. The molecule has 23 heavy (non-hydrogen) atoms. The van der Waals surface area contributed by atoms with Crippen molar-refractivity contribution < 1.29 is 23.6 Å². The van der Waals surface area contributed by atoms with Crippen LogP contribution < -0.4 is 14.8 Å². The predicted molar refractivity (Wildman–Crippen MR) is 80.2 cm³/mol. The van der Waals surface area contributed by atoms with E-state index in [2.05, 4.69) is 5.32 Å². The van der Waals surface area contributed by atoms with Gasteiger partial charge < -0.3 is 14.8 Å². The second kappa shape index (κ2) is 7.21. The van der Waals surface area contributed by atoms with Gasteiger partial charge in [-0.05, 0) is 18.2 Å². The van der Waals surface area contributed by atoms with Crippen molar-refractivity contribution in [2.24, 2.45) is 0 Å². The van der Waals surface area contributed by atoms with Crippen LogP contribution in [0.15, 0.2) is 42.5 Å². The zero-order chi connectivity index (χ0) is 16.8. The first kappa shape index (κ1) is 16.2. The fourth-order valence-corrected chi connectivity index (χ4v) is 1.80. The largest absolute Gasteiger partial charge is 0.490 e. The summed E-state index contributed by atoms with van der Waals surface area (Å²) in [6, 6.07) is 9.58. The fourth-order valence-electron chi connectivity index (χ4n) is 1.80. The van der Waals surface area contributed by atoms with E-state index in [1.807, 2.05) is 0 Å². The molecule has 0 saturated carbocycles. The number of nitrogens with one attached hydrogen (secondary N) is 1. The Morgan fingerprint density at radius 3 is 2.70 bits per heavy atom. The summed E-state index contributed by atoms with van der Waals surface area (Å²) in [5.74, 6) is -0.886. The molecule has 8 heteroatoms. The van der Waals surface area contributed by atoms with Crippen molar-refractivity contribution in [2.45, 2.75) is 0 Å². The van der Waals surface area contributed by atoms with Crippen molar-refractivity contribution in [2.75, 3.05) is 19.0 Å². The van der Waals surface area contributed by atoms with Crippen LogP contribution in [0.4, 0.5) is 15.8 Å². The van der Waals surface area contributed by atoms with Gasteiger partial charge in [0.05, 0.1) is 17.7 Å². The van der Waals surface area contributed by atoms with Gasteiger partial charge in [0.2, 0.25) is 5.75 Å². The lowest BCUT2D eigenvalue weighted by Gasteiger charge is -2.09. The number of nitro groups is 1. The van der Waals surface area contributed by atoms with E-state index in [0.29, 0.717) is 0 Å². The summed E-state index contributed by atoms with van der Waals surface area (Å²) in [7, 11) is 1.29. The maximum absolute atomic E-state index is 13.4. The molecular formula is C15H13FN2O5. The summed E-state index contributed by atoms with van der Waals surface area (Å²) in [6.45, 7) is -0.380. The molecule has 0 bridgehead atoms. The van der Waals surface area contributed by atoms with Gasteiger partial charge in [0.15, 0.2) is 6.61 Å². The van der Waals surface area contributed by atoms with E-state index in [1.165, 1.54) is 43.5 Å². The highest BCUT2D eigenvalue weighted by molar-refractivity contribution is 5.91. The lowest BCUT2D eigenvalue weighted by Crippen LogP contribution is -2.20. The Morgan fingerprint density at radius 1 is 1.30 bits per heavy atom. The summed E-state index contributed by atoms with van der Waals surface area (Å²) >= 11 is 0. The molecule has 0 aliphatic carbocycles. The Labute approximate surface area is 130 Å². The number of hydrogen-bond acceptors (Lipinski definition) is 5. The first-order chi connectivity index (χ1) is 11.0. The van der Waals surface area contributed by atoms with Crippen LogP contribution in [0.5, 0.6) is 11.5 Å². The molecule has 0 aliphatic heterocycles. The van der Waals surface area contributed by atoms with E-state index in [1.54, 1.807) is 6.07 Å². The van der Waals surface area contributed by atoms with Gasteiger partial charge in [-0.25, -0.2) is 4.39 Å². The van der Waals surface area contributed by atoms with E-state index in [4.69, 9.17) is 9.47 Å². The van der Waals surface area contributed by atoms with Gasteiger partial charge in [-0.1, -0.05) is 12.1 Å². The minimum Gasteiger partial charge on any atom is -0.490 e. The number of nitrogens with zero attached hydrogens (tertiary/aromatic N) is 1. The highest BCUT2D eigenvalue weighted by atomic mass is 19.1. The van der Waals surface area contributed by atoms with Crippen LogP contribution in [0.3, 0.4) is 0 Å². The molecule has 0 atom stereocenters. The number of halogens is 1. The number of anilines is 1. The first-order valence-corrected chi connectivity index (χ1v) is 6.51. The van der Waals surface area contributed by atoms with Gasteiger partial charge in [-0.3, -0.25) is 14.9 Å². The molecule has 0 heterocycles. The Hall–Kier alpha value is -3.16. The van der Waals surface area contributed by atoms with E-state index in [-0.39, 0.29) is 29.5 Å². The Bertz CT molecular complexity index is 736. The van der Waals surface area contributed by atoms with Gasteiger partial charge in [-0.15, -0.1) is 0 Å². The third kappa shape index (κ3) is 4.16. The van der Waals surface area contributed by atoms with E-state index in [0.717, 1.165) is 0 Å². The number of rotatable bonds is 6. The molecule has 1 N–H and O–H groups in total. The van der Waals surface area contributed by atoms with Crippen LogP contribution in [0.25, 0.3) is 0 Å². The van der Waals surface area contributed by atoms with E-state index < -0.39 is 16.6 Å². The molecule has 2 rings (SSSR count). The van der Waals surface area contributed by atoms with Gasteiger partial charge in [0.25, 0.3) is 5.91 Å². The van der Waals surface area contributed by atoms with Crippen LogP contribution in [0.2, 0.25) is 0 Å². The van der Waals surface area contributed by atoms with Crippen LogP contribution in [0, 0.1) is 15.9 Å². The maximum atomic E-state index is 13.4. The van der Waals surface area contributed by atoms with Crippen molar-refractivity contribution in [1.29, 1.82) is 0 Å². The Morgan fingerprint density at radius 2 is 2.04 bits per heavy atom. The minimum absolute atomic E-state index is 0.0158. The molecule has 2 aromatic carbocycles. The highest BCUT2D eigenvalue weighted by Gasteiger charge is 2.15. The topological polar surface area (TPSA) is 90.7 Å². The van der Waals surface area contributed by atoms with Crippen LogP contribution in [-0.2, 0) is 4.79 Å². The third-order valence-electron chi connectivity index (χ3n) is 2.87. The molecule has 1 amide bonds. The van der Waals surface area contributed by atoms with Crippen LogP contribution in [0.1, 0.15) is 0 Å². The molecule has 2 aromatic rings. The van der Waals surface area contributed by atoms with Gasteiger partial charge in [-0.2, -0.15) is 0 Å². The second-order valence-corrected chi connectivity index (χ2v) is 4.41. The van der Waals surface area contributed by atoms with E-state index in [9.17, 15) is 19.3 Å². The van der Waals surface area contributed by atoms with Crippen LogP contribution >= 0.6 is 0 Å². The molecule has 0 saturated heterocycles. The van der Waals surface area contributed by atoms with Gasteiger partial charge >= 0.3 is 5.69 Å². The molecule has 0 radical (unpaired) electrons.